The molecule has 0 bridgehead atoms. The van der Waals surface area contributed by atoms with Crippen molar-refractivity contribution in [1.82, 2.24) is 5.32 Å². The number of carbonyl (C=O) groups is 2. The number of rotatable bonds is 5. The van der Waals surface area contributed by atoms with E-state index in [0.717, 1.165) is 19.3 Å². The average molecular weight is 381 g/mol. The van der Waals surface area contributed by atoms with Crippen molar-refractivity contribution in [3.63, 3.8) is 0 Å². The van der Waals surface area contributed by atoms with E-state index in [9.17, 15) is 9.59 Å². The SMILES string of the molecule is O=C(NCCC1=CCCCC1)C1CC(=O)N(c2cc(Cl)cc(Cl)c2)C1. The predicted octanol–water partition coefficient (Wildman–Crippen LogP) is 4.35. The van der Waals surface area contributed by atoms with Crippen LogP contribution in [0.5, 0.6) is 0 Å². The molecule has 134 valence electrons. The minimum absolute atomic E-state index is 0.0552. The number of hydrogen-bond acceptors (Lipinski definition) is 2. The molecular formula is C19H22Cl2N2O2. The molecule has 1 aliphatic carbocycles. The van der Waals surface area contributed by atoms with Crippen molar-refractivity contribution in [2.24, 2.45) is 5.92 Å². The first-order valence-corrected chi connectivity index (χ1v) is 9.50. The Morgan fingerprint density at radius 2 is 1.96 bits per heavy atom. The Balaban J connectivity index is 1.54. The smallest absolute Gasteiger partial charge is 0.227 e. The molecule has 1 aromatic rings. The summed E-state index contributed by atoms with van der Waals surface area (Å²) in [5.41, 5.74) is 2.08. The van der Waals surface area contributed by atoms with Gasteiger partial charge in [0.05, 0.1) is 5.92 Å². The molecule has 0 spiro atoms. The summed E-state index contributed by atoms with van der Waals surface area (Å²) in [5, 5.41) is 3.93. The van der Waals surface area contributed by atoms with Gasteiger partial charge in [-0.05, 0) is 50.3 Å². The quantitative estimate of drug-likeness (QED) is 0.771. The second kappa shape index (κ2) is 8.24. The van der Waals surface area contributed by atoms with Crippen molar-refractivity contribution in [3.8, 4) is 0 Å². The van der Waals surface area contributed by atoms with E-state index in [1.54, 1.807) is 23.1 Å². The monoisotopic (exact) mass is 380 g/mol. The summed E-state index contributed by atoms with van der Waals surface area (Å²) in [5.74, 6) is -0.459. The lowest BCUT2D eigenvalue weighted by molar-refractivity contribution is -0.126. The molecule has 1 aliphatic heterocycles. The lowest BCUT2D eigenvalue weighted by atomic mass is 9.97. The van der Waals surface area contributed by atoms with Gasteiger partial charge < -0.3 is 10.2 Å². The Bertz CT molecular complexity index is 682. The molecule has 6 heteroatoms. The Labute approximate surface area is 158 Å². The van der Waals surface area contributed by atoms with Crippen molar-refractivity contribution in [2.45, 2.75) is 38.5 Å². The predicted molar refractivity (Wildman–Crippen MR) is 101 cm³/mol. The van der Waals surface area contributed by atoms with E-state index < -0.39 is 0 Å². The fourth-order valence-electron chi connectivity index (χ4n) is 3.45. The Morgan fingerprint density at radius 3 is 2.64 bits per heavy atom. The van der Waals surface area contributed by atoms with Crippen molar-refractivity contribution in [1.29, 1.82) is 0 Å². The third-order valence-electron chi connectivity index (χ3n) is 4.79. The summed E-state index contributed by atoms with van der Waals surface area (Å²) in [6.45, 7) is 1.00. The van der Waals surface area contributed by atoms with Gasteiger partial charge in [0, 0.05) is 35.2 Å². The molecule has 2 amide bonds. The minimum atomic E-state index is -0.328. The summed E-state index contributed by atoms with van der Waals surface area (Å²) in [6, 6.07) is 5.01. The van der Waals surface area contributed by atoms with Crippen LogP contribution in [-0.2, 0) is 9.59 Å². The van der Waals surface area contributed by atoms with Crippen LogP contribution in [-0.4, -0.2) is 24.9 Å². The maximum atomic E-state index is 12.4. The summed E-state index contributed by atoms with van der Waals surface area (Å²) in [6.07, 6.45) is 8.22. The number of anilines is 1. The zero-order chi connectivity index (χ0) is 17.8. The molecular weight excluding hydrogens is 359 g/mol. The number of amides is 2. The van der Waals surface area contributed by atoms with E-state index in [-0.39, 0.29) is 24.2 Å². The van der Waals surface area contributed by atoms with Crippen molar-refractivity contribution >= 4 is 40.7 Å². The van der Waals surface area contributed by atoms with Crippen LogP contribution in [0, 0.1) is 5.92 Å². The van der Waals surface area contributed by atoms with Gasteiger partial charge in [-0.1, -0.05) is 34.9 Å². The van der Waals surface area contributed by atoms with Gasteiger partial charge in [0.25, 0.3) is 0 Å². The van der Waals surface area contributed by atoms with Gasteiger partial charge in [-0.25, -0.2) is 0 Å². The number of hydrogen-bond donors (Lipinski definition) is 1. The van der Waals surface area contributed by atoms with Crippen LogP contribution >= 0.6 is 23.2 Å². The molecule has 25 heavy (non-hydrogen) atoms. The van der Waals surface area contributed by atoms with Crippen LogP contribution in [0.3, 0.4) is 0 Å². The number of halogens is 2. The van der Waals surface area contributed by atoms with Gasteiger partial charge in [-0.2, -0.15) is 0 Å². The zero-order valence-electron chi connectivity index (χ0n) is 14.1. The molecule has 1 atom stereocenters. The molecule has 0 aromatic heterocycles. The van der Waals surface area contributed by atoms with Gasteiger partial charge in [0.15, 0.2) is 0 Å². The molecule has 1 heterocycles. The third-order valence-corrected chi connectivity index (χ3v) is 5.22. The summed E-state index contributed by atoms with van der Waals surface area (Å²) in [4.78, 5) is 26.3. The number of carbonyl (C=O) groups excluding carboxylic acids is 2. The average Bonchev–Trinajstić information content (AvgIpc) is 2.97. The molecule has 1 unspecified atom stereocenters. The topological polar surface area (TPSA) is 49.4 Å². The van der Waals surface area contributed by atoms with Crippen LogP contribution < -0.4 is 10.2 Å². The molecule has 1 fully saturated rings. The molecule has 0 saturated carbocycles. The fourth-order valence-corrected chi connectivity index (χ4v) is 3.96. The van der Waals surface area contributed by atoms with Crippen LogP contribution in [0.25, 0.3) is 0 Å². The van der Waals surface area contributed by atoms with Crippen LogP contribution in [0.2, 0.25) is 10.0 Å². The molecule has 1 saturated heterocycles. The van der Waals surface area contributed by atoms with Crippen LogP contribution in [0.15, 0.2) is 29.8 Å². The first-order chi connectivity index (χ1) is 12.0. The first-order valence-electron chi connectivity index (χ1n) is 8.75. The molecule has 4 nitrogen and oxygen atoms in total. The second-order valence-electron chi connectivity index (χ2n) is 6.68. The molecule has 3 rings (SSSR count). The standard InChI is InChI=1S/C19H22Cl2N2O2/c20-15-9-16(21)11-17(10-15)23-12-14(8-18(23)24)19(25)22-7-6-13-4-2-1-3-5-13/h4,9-11,14H,1-3,5-8,12H2,(H,22,25). The zero-order valence-corrected chi connectivity index (χ0v) is 15.6. The number of allylic oxidation sites excluding steroid dienone is 1. The van der Waals surface area contributed by atoms with E-state index in [4.69, 9.17) is 23.2 Å². The summed E-state index contributed by atoms with van der Waals surface area (Å²) in [7, 11) is 0. The van der Waals surface area contributed by atoms with E-state index >= 15 is 0 Å². The van der Waals surface area contributed by atoms with Crippen molar-refractivity contribution in [3.05, 3.63) is 39.9 Å². The molecule has 0 radical (unpaired) electrons. The van der Waals surface area contributed by atoms with Crippen molar-refractivity contribution in [2.75, 3.05) is 18.0 Å². The molecule has 1 aromatic carbocycles. The summed E-state index contributed by atoms with van der Waals surface area (Å²) < 4.78 is 0. The third kappa shape index (κ3) is 4.77. The number of nitrogens with zero attached hydrogens (tertiary/aromatic N) is 1. The van der Waals surface area contributed by atoms with E-state index in [2.05, 4.69) is 11.4 Å². The minimum Gasteiger partial charge on any atom is -0.355 e. The lowest BCUT2D eigenvalue weighted by Gasteiger charge is -2.18. The summed E-state index contributed by atoms with van der Waals surface area (Å²) >= 11 is 12.0. The maximum absolute atomic E-state index is 12.4. The van der Waals surface area contributed by atoms with Crippen LogP contribution in [0.1, 0.15) is 38.5 Å². The van der Waals surface area contributed by atoms with E-state index in [0.29, 0.717) is 28.8 Å². The normalized spacial score (nSPS) is 20.6. The van der Waals surface area contributed by atoms with E-state index in [1.807, 2.05) is 0 Å². The highest BCUT2D eigenvalue weighted by atomic mass is 35.5. The lowest BCUT2D eigenvalue weighted by Crippen LogP contribution is -2.33. The van der Waals surface area contributed by atoms with Gasteiger partial charge in [-0.3, -0.25) is 9.59 Å². The van der Waals surface area contributed by atoms with Gasteiger partial charge >= 0.3 is 0 Å². The Hall–Kier alpha value is -1.52. The molecule has 1 N–H and O–H groups in total. The van der Waals surface area contributed by atoms with Gasteiger partial charge in [-0.15, -0.1) is 0 Å². The number of nitrogens with one attached hydrogen (secondary N) is 1. The highest BCUT2D eigenvalue weighted by molar-refractivity contribution is 6.35. The largest absolute Gasteiger partial charge is 0.355 e. The Morgan fingerprint density at radius 1 is 1.20 bits per heavy atom. The maximum Gasteiger partial charge on any atom is 0.227 e. The van der Waals surface area contributed by atoms with Crippen LogP contribution in [0.4, 0.5) is 5.69 Å². The highest BCUT2D eigenvalue weighted by Gasteiger charge is 2.35. The first kappa shape index (κ1) is 18.3. The van der Waals surface area contributed by atoms with Crippen molar-refractivity contribution < 1.29 is 9.59 Å². The number of benzene rings is 1. The second-order valence-corrected chi connectivity index (χ2v) is 7.56. The molecule has 2 aliphatic rings. The Kier molecular flexibility index (Phi) is 6.02. The van der Waals surface area contributed by atoms with Gasteiger partial charge in [0.1, 0.15) is 0 Å². The highest BCUT2D eigenvalue weighted by Crippen LogP contribution is 2.30. The fraction of sp³-hybridized carbons (Fsp3) is 0.474. The van der Waals surface area contributed by atoms with Gasteiger partial charge in [0.2, 0.25) is 11.8 Å². The van der Waals surface area contributed by atoms with E-state index in [1.165, 1.54) is 18.4 Å².